The second-order valence-corrected chi connectivity index (χ2v) is 7.48. The van der Waals surface area contributed by atoms with Gasteiger partial charge in [-0.3, -0.25) is 4.90 Å². The Labute approximate surface area is 191 Å². The van der Waals surface area contributed by atoms with E-state index in [0.717, 1.165) is 5.39 Å². The van der Waals surface area contributed by atoms with Crippen molar-refractivity contribution in [3.05, 3.63) is 41.7 Å². The van der Waals surface area contributed by atoms with Crippen molar-refractivity contribution in [3.8, 4) is 17.2 Å². The number of nitrogens with one attached hydrogen (secondary N) is 1. The zero-order chi connectivity index (χ0) is 22.9. The third-order valence-electron chi connectivity index (χ3n) is 4.84. The first-order valence-corrected chi connectivity index (χ1v) is 10.6. The van der Waals surface area contributed by atoms with Crippen LogP contribution in [0.25, 0.3) is 10.9 Å². The number of anilines is 2. The summed E-state index contributed by atoms with van der Waals surface area (Å²) in [4.78, 5) is 10.5. The number of phenols is 1. The van der Waals surface area contributed by atoms with Crippen LogP contribution >= 0.6 is 11.6 Å². The molecule has 0 saturated heterocycles. The molecule has 10 heteroatoms. The number of hydrogen-bond acceptors (Lipinski definition) is 9. The van der Waals surface area contributed by atoms with Gasteiger partial charge in [-0.25, -0.2) is 9.97 Å². The normalized spacial score (nSPS) is 11.2. The molecule has 0 saturated carbocycles. The zero-order valence-corrected chi connectivity index (χ0v) is 18.5. The fourth-order valence-corrected chi connectivity index (χ4v) is 3.36. The molecule has 0 aliphatic rings. The van der Waals surface area contributed by atoms with E-state index in [0.29, 0.717) is 61.1 Å². The van der Waals surface area contributed by atoms with Gasteiger partial charge in [-0.05, 0) is 37.1 Å². The van der Waals surface area contributed by atoms with Gasteiger partial charge in [0.25, 0.3) is 0 Å². The van der Waals surface area contributed by atoms with Gasteiger partial charge in [-0.1, -0.05) is 11.6 Å². The van der Waals surface area contributed by atoms with E-state index in [-0.39, 0.29) is 24.1 Å². The van der Waals surface area contributed by atoms with E-state index in [4.69, 9.17) is 26.2 Å². The second-order valence-electron chi connectivity index (χ2n) is 7.07. The van der Waals surface area contributed by atoms with Crippen LogP contribution in [-0.2, 0) is 0 Å². The van der Waals surface area contributed by atoms with Gasteiger partial charge in [-0.15, -0.1) is 0 Å². The predicted octanol–water partition coefficient (Wildman–Crippen LogP) is 3.14. The monoisotopic (exact) mass is 462 g/mol. The molecule has 0 bridgehead atoms. The molecule has 4 N–H and O–H groups in total. The van der Waals surface area contributed by atoms with E-state index in [1.165, 1.54) is 12.4 Å². The van der Waals surface area contributed by atoms with Crippen LogP contribution in [0.1, 0.15) is 12.8 Å². The molecule has 0 unspecified atom stereocenters. The van der Waals surface area contributed by atoms with Gasteiger partial charge in [0.05, 0.1) is 31.0 Å². The van der Waals surface area contributed by atoms with E-state index in [1.54, 1.807) is 25.3 Å². The fraction of sp³-hybridized carbons (Fsp3) is 0.364. The largest absolute Gasteiger partial charge is 0.506 e. The Morgan fingerprint density at radius 2 is 1.88 bits per heavy atom. The quantitative estimate of drug-likeness (QED) is 0.183. The summed E-state index contributed by atoms with van der Waals surface area (Å²) in [5.41, 5.74) is 1.34. The van der Waals surface area contributed by atoms with Gasteiger partial charge >= 0.3 is 0 Å². The summed E-state index contributed by atoms with van der Waals surface area (Å²) >= 11 is 6.00. The molecule has 0 radical (unpaired) electrons. The van der Waals surface area contributed by atoms with Crippen LogP contribution in [0.5, 0.6) is 17.2 Å². The number of methoxy groups -OCH3 is 1. The van der Waals surface area contributed by atoms with Crippen LogP contribution < -0.4 is 14.8 Å². The van der Waals surface area contributed by atoms with Gasteiger partial charge in [0.1, 0.15) is 17.9 Å². The maximum absolute atomic E-state index is 9.63. The summed E-state index contributed by atoms with van der Waals surface area (Å²) in [7, 11) is 1.56. The molecule has 3 aromatic rings. The molecule has 9 nitrogen and oxygen atoms in total. The lowest BCUT2D eigenvalue weighted by atomic mass is 10.2. The lowest BCUT2D eigenvalue weighted by Crippen LogP contribution is -2.28. The van der Waals surface area contributed by atoms with Crippen LogP contribution in [0, 0.1) is 0 Å². The van der Waals surface area contributed by atoms with Crippen LogP contribution in [0.3, 0.4) is 0 Å². The van der Waals surface area contributed by atoms with Crippen LogP contribution in [0.2, 0.25) is 5.02 Å². The Hall–Kier alpha value is -2.85. The third kappa shape index (κ3) is 6.10. The number of aliphatic hydroxyl groups excluding tert-OH is 2. The minimum Gasteiger partial charge on any atom is -0.506 e. The maximum atomic E-state index is 9.63. The zero-order valence-electron chi connectivity index (χ0n) is 17.8. The summed E-state index contributed by atoms with van der Waals surface area (Å²) in [6.07, 6.45) is 2.75. The Kier molecular flexibility index (Phi) is 8.69. The van der Waals surface area contributed by atoms with E-state index < -0.39 is 0 Å². The van der Waals surface area contributed by atoms with Crippen molar-refractivity contribution in [1.29, 1.82) is 0 Å². The lowest BCUT2D eigenvalue weighted by Gasteiger charge is -2.19. The molecule has 0 spiro atoms. The van der Waals surface area contributed by atoms with Crippen molar-refractivity contribution in [3.63, 3.8) is 0 Å². The summed E-state index contributed by atoms with van der Waals surface area (Å²) < 4.78 is 11.4. The molecular weight excluding hydrogens is 436 g/mol. The number of fused-ring (bicyclic) bond motifs is 1. The van der Waals surface area contributed by atoms with Crippen LogP contribution in [0.4, 0.5) is 11.5 Å². The predicted molar refractivity (Wildman–Crippen MR) is 123 cm³/mol. The van der Waals surface area contributed by atoms with E-state index >= 15 is 0 Å². The molecule has 0 fully saturated rings. The molecule has 1 aromatic heterocycles. The Morgan fingerprint density at radius 1 is 1.06 bits per heavy atom. The van der Waals surface area contributed by atoms with Crippen molar-refractivity contribution >= 4 is 34.0 Å². The first-order valence-electron chi connectivity index (χ1n) is 10.2. The van der Waals surface area contributed by atoms with E-state index in [2.05, 4.69) is 15.3 Å². The van der Waals surface area contributed by atoms with Gasteiger partial charge < -0.3 is 30.1 Å². The summed E-state index contributed by atoms with van der Waals surface area (Å²) in [5, 5.41) is 32.1. The topological polar surface area (TPSA) is 120 Å². The Bertz CT molecular complexity index is 1040. The molecule has 0 amide bonds. The summed E-state index contributed by atoms with van der Waals surface area (Å²) in [5.74, 6) is 1.66. The highest BCUT2D eigenvalue weighted by Crippen LogP contribution is 2.35. The van der Waals surface area contributed by atoms with Crippen molar-refractivity contribution in [2.75, 3.05) is 45.5 Å². The van der Waals surface area contributed by atoms with E-state index in [1.807, 2.05) is 11.0 Å². The first kappa shape index (κ1) is 23.8. The molecule has 0 atom stereocenters. The Morgan fingerprint density at radius 3 is 2.59 bits per heavy atom. The van der Waals surface area contributed by atoms with Crippen molar-refractivity contribution in [2.45, 2.75) is 12.8 Å². The molecule has 32 heavy (non-hydrogen) atoms. The van der Waals surface area contributed by atoms with Crippen LogP contribution in [0.15, 0.2) is 36.7 Å². The molecule has 2 aromatic carbocycles. The smallest absolute Gasteiger partial charge is 0.162 e. The molecule has 1 heterocycles. The maximum Gasteiger partial charge on any atom is 0.162 e. The number of benzene rings is 2. The lowest BCUT2D eigenvalue weighted by molar-refractivity contribution is 0.0939. The third-order valence-corrected chi connectivity index (χ3v) is 5.14. The minimum atomic E-state index is -0.0626. The number of rotatable bonds is 12. The van der Waals surface area contributed by atoms with E-state index in [9.17, 15) is 10.2 Å². The highest BCUT2D eigenvalue weighted by atomic mass is 35.5. The van der Waals surface area contributed by atoms with Gasteiger partial charge in [0.15, 0.2) is 11.5 Å². The number of aromatic nitrogens is 2. The molecule has 172 valence electrons. The standard InChI is InChI=1S/C22H27ClN4O5/c1-31-20-12-18-16(11-21(20)32-9-3-7-27(14-29)6-2-8-28)22(25-13-24-18)26-15-4-5-19(30)17(23)10-15/h4-5,10-13,28-30H,2-3,6-9,14H2,1H3,(H,24,25,26). The average molecular weight is 463 g/mol. The molecule has 3 rings (SSSR count). The Balaban J connectivity index is 1.76. The molecule has 0 aliphatic carbocycles. The van der Waals surface area contributed by atoms with Crippen molar-refractivity contribution in [1.82, 2.24) is 14.9 Å². The number of nitrogens with zero attached hydrogens (tertiary/aromatic N) is 3. The van der Waals surface area contributed by atoms with Crippen molar-refractivity contribution < 1.29 is 24.8 Å². The molecule has 0 aliphatic heterocycles. The van der Waals surface area contributed by atoms with Gasteiger partial charge in [0, 0.05) is 36.8 Å². The first-order chi connectivity index (χ1) is 15.5. The minimum absolute atomic E-state index is 0.00121. The van der Waals surface area contributed by atoms with Crippen molar-refractivity contribution in [2.24, 2.45) is 0 Å². The van der Waals surface area contributed by atoms with Gasteiger partial charge in [0.2, 0.25) is 0 Å². The average Bonchev–Trinajstić information content (AvgIpc) is 2.80. The van der Waals surface area contributed by atoms with Crippen LogP contribution in [-0.4, -0.2) is 70.3 Å². The number of halogens is 1. The SMILES string of the molecule is COc1cc2ncnc(Nc3ccc(O)c(Cl)c3)c2cc1OCCCN(CO)CCCO. The summed E-state index contributed by atoms with van der Waals surface area (Å²) in [6, 6.07) is 8.40. The number of aliphatic hydroxyl groups is 2. The fourth-order valence-electron chi connectivity index (χ4n) is 3.18. The number of hydrogen-bond donors (Lipinski definition) is 4. The molecular formula is C22H27ClN4O5. The van der Waals surface area contributed by atoms with Gasteiger partial charge in [-0.2, -0.15) is 0 Å². The number of aromatic hydroxyl groups is 1. The highest BCUT2D eigenvalue weighted by Gasteiger charge is 2.13. The summed E-state index contributed by atoms with van der Waals surface area (Å²) in [6.45, 7) is 1.72. The second kappa shape index (κ2) is 11.7. The highest BCUT2D eigenvalue weighted by molar-refractivity contribution is 6.32. The number of phenolic OH excluding ortho intramolecular Hbond substituents is 1. The number of ether oxygens (including phenoxy) is 2.